The van der Waals surface area contributed by atoms with Crippen molar-refractivity contribution in [2.75, 3.05) is 5.32 Å². The number of ether oxygens (including phenoxy) is 1. The molecule has 1 aromatic heterocycles. The van der Waals surface area contributed by atoms with Gasteiger partial charge in [0.05, 0.1) is 4.88 Å². The molecule has 1 N–H and O–H groups in total. The summed E-state index contributed by atoms with van der Waals surface area (Å²) in [4.78, 5) is 27.6. The zero-order valence-corrected chi connectivity index (χ0v) is 16.1. The summed E-state index contributed by atoms with van der Waals surface area (Å²) >= 11 is 1.40. The van der Waals surface area contributed by atoms with Gasteiger partial charge in [-0.2, -0.15) is 0 Å². The van der Waals surface area contributed by atoms with Crippen LogP contribution in [0.15, 0.2) is 35.7 Å². The Morgan fingerprint density at radius 2 is 2.19 bits per heavy atom. The monoisotopic (exact) mass is 372 g/mol. The second kappa shape index (κ2) is 7.91. The number of nitrogens with zero attached hydrogens (tertiary/aromatic N) is 1. The molecule has 138 valence electrons. The highest BCUT2D eigenvalue weighted by Crippen LogP contribution is 2.31. The molecule has 1 aliphatic rings. The average molecular weight is 372 g/mol. The summed E-state index contributed by atoms with van der Waals surface area (Å²) in [6, 6.07) is 9.35. The number of amides is 2. The molecular weight excluding hydrogens is 348 g/mol. The highest BCUT2D eigenvalue weighted by Gasteiger charge is 2.32. The van der Waals surface area contributed by atoms with Gasteiger partial charge >= 0.3 is 0 Å². The summed E-state index contributed by atoms with van der Waals surface area (Å²) < 4.78 is 5.97. The van der Waals surface area contributed by atoms with Crippen molar-refractivity contribution in [2.24, 2.45) is 0 Å². The zero-order chi connectivity index (χ0) is 18.7. The van der Waals surface area contributed by atoms with Gasteiger partial charge in [-0.25, -0.2) is 0 Å². The van der Waals surface area contributed by atoms with Crippen molar-refractivity contribution < 1.29 is 14.3 Å². The fraction of sp³-hybridized carbons (Fsp3) is 0.400. The van der Waals surface area contributed by atoms with E-state index in [1.807, 2.05) is 41.5 Å². The summed E-state index contributed by atoms with van der Waals surface area (Å²) in [7, 11) is 0. The van der Waals surface area contributed by atoms with E-state index in [-0.39, 0.29) is 17.9 Å². The van der Waals surface area contributed by atoms with Crippen LogP contribution in [0.5, 0.6) is 5.75 Å². The summed E-state index contributed by atoms with van der Waals surface area (Å²) in [5, 5.41) is 4.80. The summed E-state index contributed by atoms with van der Waals surface area (Å²) in [6.45, 7) is 6.57. The molecule has 0 fully saturated rings. The van der Waals surface area contributed by atoms with Crippen LogP contribution in [0.4, 0.5) is 5.69 Å². The number of thiophene rings is 1. The number of carbonyl (C=O) groups is 2. The van der Waals surface area contributed by atoms with E-state index in [0.717, 1.165) is 12.0 Å². The van der Waals surface area contributed by atoms with Crippen LogP contribution in [-0.4, -0.2) is 28.9 Å². The molecule has 1 aromatic carbocycles. The first-order chi connectivity index (χ1) is 12.5. The number of anilines is 1. The second-order valence-electron chi connectivity index (χ2n) is 6.49. The molecule has 2 atom stereocenters. The van der Waals surface area contributed by atoms with E-state index in [9.17, 15) is 9.59 Å². The Labute approximate surface area is 158 Å². The lowest BCUT2D eigenvalue weighted by Crippen LogP contribution is -2.43. The SMILES string of the molecule is CCC1Oc2ccc(NC(=O)c3cccs3)cc2CN(C(C)CC)C1=O. The molecule has 6 heteroatoms. The van der Waals surface area contributed by atoms with Crippen molar-refractivity contribution >= 4 is 28.8 Å². The molecule has 0 spiro atoms. The molecule has 1 aliphatic heterocycles. The van der Waals surface area contributed by atoms with Crippen LogP contribution in [0, 0.1) is 0 Å². The number of carbonyl (C=O) groups excluding carboxylic acids is 2. The van der Waals surface area contributed by atoms with Crippen molar-refractivity contribution in [2.45, 2.75) is 52.3 Å². The Kier molecular flexibility index (Phi) is 5.61. The molecule has 0 aliphatic carbocycles. The first-order valence-corrected chi connectivity index (χ1v) is 9.86. The zero-order valence-electron chi connectivity index (χ0n) is 15.3. The highest BCUT2D eigenvalue weighted by atomic mass is 32.1. The predicted molar refractivity (Wildman–Crippen MR) is 104 cm³/mol. The lowest BCUT2D eigenvalue weighted by Gasteiger charge is -2.28. The van der Waals surface area contributed by atoms with Gasteiger partial charge in [-0.3, -0.25) is 9.59 Å². The van der Waals surface area contributed by atoms with Crippen molar-refractivity contribution in [3.05, 3.63) is 46.2 Å². The lowest BCUT2D eigenvalue weighted by molar-refractivity contribution is -0.140. The third-order valence-corrected chi connectivity index (χ3v) is 5.59. The molecular formula is C20H24N2O3S. The molecule has 0 saturated heterocycles. The minimum absolute atomic E-state index is 0.0298. The molecule has 26 heavy (non-hydrogen) atoms. The number of rotatable bonds is 5. The molecule has 3 rings (SSSR count). The Hall–Kier alpha value is -2.34. The van der Waals surface area contributed by atoms with Gasteiger partial charge in [0.2, 0.25) is 0 Å². The smallest absolute Gasteiger partial charge is 0.265 e. The second-order valence-corrected chi connectivity index (χ2v) is 7.44. The van der Waals surface area contributed by atoms with Gasteiger partial charge in [-0.1, -0.05) is 19.9 Å². The molecule has 2 heterocycles. The quantitative estimate of drug-likeness (QED) is 0.851. The van der Waals surface area contributed by atoms with Crippen molar-refractivity contribution in [3.8, 4) is 5.75 Å². The molecule has 2 aromatic rings. The number of fused-ring (bicyclic) bond motifs is 1. The summed E-state index contributed by atoms with van der Waals surface area (Å²) in [5.74, 6) is 0.614. The molecule has 0 bridgehead atoms. The largest absolute Gasteiger partial charge is 0.480 e. The summed E-state index contributed by atoms with van der Waals surface area (Å²) in [6.07, 6.45) is 1.05. The first-order valence-electron chi connectivity index (χ1n) is 8.98. The summed E-state index contributed by atoms with van der Waals surface area (Å²) in [5.41, 5.74) is 1.62. The van der Waals surface area contributed by atoms with Gasteiger partial charge in [-0.05, 0) is 49.4 Å². The van der Waals surface area contributed by atoms with Crippen LogP contribution in [0.2, 0.25) is 0 Å². The predicted octanol–water partition coefficient (Wildman–Crippen LogP) is 4.30. The van der Waals surface area contributed by atoms with E-state index in [2.05, 4.69) is 19.2 Å². The van der Waals surface area contributed by atoms with Crippen LogP contribution in [0.3, 0.4) is 0 Å². The average Bonchev–Trinajstić information content (AvgIpc) is 3.14. The van der Waals surface area contributed by atoms with Gasteiger partial charge < -0.3 is 15.0 Å². The Morgan fingerprint density at radius 1 is 1.38 bits per heavy atom. The van der Waals surface area contributed by atoms with Crippen LogP contribution >= 0.6 is 11.3 Å². The van der Waals surface area contributed by atoms with Crippen molar-refractivity contribution in [3.63, 3.8) is 0 Å². The Bertz CT molecular complexity index is 788. The van der Waals surface area contributed by atoms with Gasteiger partial charge in [-0.15, -0.1) is 11.3 Å². The molecule has 2 amide bonds. The van der Waals surface area contributed by atoms with Crippen molar-refractivity contribution in [1.29, 1.82) is 0 Å². The number of hydrogen-bond donors (Lipinski definition) is 1. The van der Waals surface area contributed by atoms with Gasteiger partial charge in [0.15, 0.2) is 6.10 Å². The molecule has 2 unspecified atom stereocenters. The standard InChI is InChI=1S/C20H24N2O3S/c1-4-13(3)22-12-14-11-15(21-19(23)18-7-6-10-26-18)8-9-17(14)25-16(5-2)20(22)24/h6-11,13,16H,4-5,12H2,1-3H3,(H,21,23). The van der Waals surface area contributed by atoms with Crippen LogP contribution in [0.1, 0.15) is 48.8 Å². The van der Waals surface area contributed by atoms with Crippen LogP contribution < -0.4 is 10.1 Å². The third-order valence-electron chi connectivity index (χ3n) is 4.73. The molecule has 5 nitrogen and oxygen atoms in total. The van der Waals surface area contributed by atoms with E-state index in [4.69, 9.17) is 4.74 Å². The first kappa shape index (κ1) is 18.5. The maximum absolute atomic E-state index is 12.8. The van der Waals surface area contributed by atoms with E-state index < -0.39 is 6.10 Å². The number of nitrogens with one attached hydrogen (secondary N) is 1. The maximum Gasteiger partial charge on any atom is 0.265 e. The van der Waals surface area contributed by atoms with Gasteiger partial charge in [0, 0.05) is 23.8 Å². The Morgan fingerprint density at radius 3 is 2.85 bits per heavy atom. The van der Waals surface area contributed by atoms with E-state index >= 15 is 0 Å². The van der Waals surface area contributed by atoms with Crippen LogP contribution in [0.25, 0.3) is 0 Å². The van der Waals surface area contributed by atoms with Gasteiger partial charge in [0.25, 0.3) is 11.8 Å². The fourth-order valence-electron chi connectivity index (χ4n) is 3.00. The van der Waals surface area contributed by atoms with E-state index in [1.54, 1.807) is 6.07 Å². The fourth-order valence-corrected chi connectivity index (χ4v) is 3.62. The normalized spacial score (nSPS) is 17.9. The minimum Gasteiger partial charge on any atom is -0.480 e. The van der Waals surface area contributed by atoms with E-state index in [0.29, 0.717) is 29.3 Å². The highest BCUT2D eigenvalue weighted by molar-refractivity contribution is 7.12. The van der Waals surface area contributed by atoms with E-state index in [1.165, 1.54) is 11.3 Å². The maximum atomic E-state index is 12.8. The number of hydrogen-bond acceptors (Lipinski definition) is 4. The van der Waals surface area contributed by atoms with Gasteiger partial charge in [0.1, 0.15) is 5.75 Å². The number of benzene rings is 1. The third kappa shape index (κ3) is 3.75. The van der Waals surface area contributed by atoms with Crippen molar-refractivity contribution in [1.82, 2.24) is 4.90 Å². The molecule has 0 saturated carbocycles. The molecule has 0 radical (unpaired) electrons. The minimum atomic E-state index is -0.461. The van der Waals surface area contributed by atoms with Crippen LogP contribution in [-0.2, 0) is 11.3 Å². The lowest BCUT2D eigenvalue weighted by atomic mass is 10.1. The Balaban J connectivity index is 1.87. The topological polar surface area (TPSA) is 58.6 Å².